The zero-order valence-corrected chi connectivity index (χ0v) is 12.5. The molecule has 0 amide bonds. The maximum Gasteiger partial charge on any atom is 0.150 e. The minimum Gasteiger partial charge on any atom is -0.314 e. The predicted molar refractivity (Wildman–Crippen MR) is 75.4 cm³/mol. The van der Waals surface area contributed by atoms with Gasteiger partial charge in [-0.1, -0.05) is 26.2 Å². The molecular formula is C14H27NO2S. The number of hydrogen-bond acceptors (Lipinski definition) is 3. The van der Waals surface area contributed by atoms with Crippen molar-refractivity contribution in [1.82, 2.24) is 5.32 Å². The van der Waals surface area contributed by atoms with Crippen LogP contribution in [0.4, 0.5) is 0 Å². The molecule has 106 valence electrons. The Hall–Kier alpha value is -0.0900. The lowest BCUT2D eigenvalue weighted by atomic mass is 9.77. The highest BCUT2D eigenvalue weighted by Crippen LogP contribution is 2.40. The lowest BCUT2D eigenvalue weighted by Gasteiger charge is -2.35. The molecule has 4 heteroatoms. The van der Waals surface area contributed by atoms with Gasteiger partial charge in [0.15, 0.2) is 0 Å². The molecule has 0 heterocycles. The molecular weight excluding hydrogens is 246 g/mol. The average molecular weight is 273 g/mol. The van der Waals surface area contributed by atoms with Crippen LogP contribution in [0.3, 0.4) is 0 Å². The van der Waals surface area contributed by atoms with E-state index < -0.39 is 9.84 Å². The van der Waals surface area contributed by atoms with Crippen LogP contribution >= 0.6 is 0 Å². The van der Waals surface area contributed by atoms with Crippen LogP contribution in [-0.2, 0) is 9.84 Å². The van der Waals surface area contributed by atoms with Crippen molar-refractivity contribution in [3.8, 4) is 0 Å². The quantitative estimate of drug-likeness (QED) is 0.855. The van der Waals surface area contributed by atoms with Gasteiger partial charge in [-0.15, -0.1) is 0 Å². The van der Waals surface area contributed by atoms with E-state index >= 15 is 0 Å². The molecule has 2 aliphatic carbocycles. The van der Waals surface area contributed by atoms with Crippen LogP contribution in [-0.4, -0.2) is 32.5 Å². The molecule has 4 atom stereocenters. The molecule has 4 unspecified atom stereocenters. The SMILES string of the molecule is CCNC1CCCC1C1CCCC(S(C)(=O)=O)C1. The van der Waals surface area contributed by atoms with Crippen molar-refractivity contribution in [3.05, 3.63) is 0 Å². The molecule has 0 saturated heterocycles. The highest BCUT2D eigenvalue weighted by molar-refractivity contribution is 7.91. The molecule has 0 aromatic carbocycles. The molecule has 2 fully saturated rings. The summed E-state index contributed by atoms with van der Waals surface area (Å²) in [6.45, 7) is 3.19. The van der Waals surface area contributed by atoms with Gasteiger partial charge in [0, 0.05) is 12.3 Å². The summed E-state index contributed by atoms with van der Waals surface area (Å²) in [6, 6.07) is 0.637. The Morgan fingerprint density at radius 2 is 1.83 bits per heavy atom. The van der Waals surface area contributed by atoms with Crippen molar-refractivity contribution in [2.24, 2.45) is 11.8 Å². The third-order valence-electron chi connectivity index (χ3n) is 4.91. The third kappa shape index (κ3) is 3.27. The van der Waals surface area contributed by atoms with Crippen LogP contribution < -0.4 is 5.32 Å². The first-order valence-electron chi connectivity index (χ1n) is 7.44. The van der Waals surface area contributed by atoms with Gasteiger partial charge in [0.2, 0.25) is 0 Å². The summed E-state index contributed by atoms with van der Waals surface area (Å²) in [7, 11) is -2.84. The van der Waals surface area contributed by atoms with Gasteiger partial charge < -0.3 is 5.32 Å². The zero-order chi connectivity index (χ0) is 13.2. The van der Waals surface area contributed by atoms with Crippen molar-refractivity contribution >= 4 is 9.84 Å². The molecule has 0 aliphatic heterocycles. The van der Waals surface area contributed by atoms with Gasteiger partial charge in [-0.2, -0.15) is 0 Å². The second kappa shape index (κ2) is 5.91. The molecule has 0 radical (unpaired) electrons. The fraction of sp³-hybridized carbons (Fsp3) is 1.00. The number of nitrogens with one attached hydrogen (secondary N) is 1. The van der Waals surface area contributed by atoms with E-state index in [1.54, 1.807) is 0 Å². The molecule has 1 N–H and O–H groups in total. The van der Waals surface area contributed by atoms with E-state index in [-0.39, 0.29) is 5.25 Å². The van der Waals surface area contributed by atoms with Crippen LogP contribution in [0.1, 0.15) is 51.9 Å². The second-order valence-electron chi connectivity index (χ2n) is 6.14. The van der Waals surface area contributed by atoms with E-state index in [0.29, 0.717) is 12.0 Å². The summed E-state index contributed by atoms with van der Waals surface area (Å²) >= 11 is 0. The maximum atomic E-state index is 11.7. The molecule has 2 rings (SSSR count). The first-order chi connectivity index (χ1) is 8.52. The van der Waals surface area contributed by atoms with Crippen LogP contribution in [0.2, 0.25) is 0 Å². The molecule has 0 bridgehead atoms. The number of rotatable bonds is 4. The highest BCUT2D eigenvalue weighted by Gasteiger charge is 2.38. The molecule has 2 aliphatic rings. The van der Waals surface area contributed by atoms with Crippen LogP contribution in [0.5, 0.6) is 0 Å². The Kier molecular flexibility index (Phi) is 4.70. The molecule has 0 aromatic heterocycles. The van der Waals surface area contributed by atoms with E-state index in [2.05, 4.69) is 12.2 Å². The van der Waals surface area contributed by atoms with E-state index in [4.69, 9.17) is 0 Å². The first kappa shape index (κ1) is 14.3. The summed E-state index contributed by atoms with van der Waals surface area (Å²) < 4.78 is 23.5. The van der Waals surface area contributed by atoms with Crippen molar-refractivity contribution in [2.75, 3.05) is 12.8 Å². The van der Waals surface area contributed by atoms with Crippen LogP contribution in [0, 0.1) is 11.8 Å². The molecule has 2 saturated carbocycles. The van der Waals surface area contributed by atoms with Gasteiger partial charge in [0.05, 0.1) is 5.25 Å². The fourth-order valence-electron chi connectivity index (χ4n) is 4.03. The van der Waals surface area contributed by atoms with E-state index in [1.165, 1.54) is 31.9 Å². The minimum absolute atomic E-state index is 0.0703. The molecule has 18 heavy (non-hydrogen) atoms. The van der Waals surface area contributed by atoms with Gasteiger partial charge in [-0.05, 0) is 44.1 Å². The van der Waals surface area contributed by atoms with Crippen molar-refractivity contribution < 1.29 is 8.42 Å². The van der Waals surface area contributed by atoms with Gasteiger partial charge in [0.25, 0.3) is 0 Å². The summed E-state index contributed by atoms with van der Waals surface area (Å²) in [4.78, 5) is 0. The van der Waals surface area contributed by atoms with E-state index in [0.717, 1.165) is 31.7 Å². The highest BCUT2D eigenvalue weighted by atomic mass is 32.2. The fourth-order valence-corrected chi connectivity index (χ4v) is 5.22. The van der Waals surface area contributed by atoms with Crippen molar-refractivity contribution in [2.45, 2.75) is 63.2 Å². The Labute approximate surface area is 112 Å². The number of hydrogen-bond donors (Lipinski definition) is 1. The van der Waals surface area contributed by atoms with Gasteiger partial charge in [-0.25, -0.2) is 8.42 Å². The topological polar surface area (TPSA) is 46.2 Å². The molecule has 0 aromatic rings. The normalized spacial score (nSPS) is 37.9. The van der Waals surface area contributed by atoms with Gasteiger partial charge in [0.1, 0.15) is 9.84 Å². The van der Waals surface area contributed by atoms with Gasteiger partial charge in [-0.3, -0.25) is 0 Å². The standard InChI is InChI=1S/C14H27NO2S/c1-3-15-14-9-5-8-13(14)11-6-4-7-12(10-11)18(2,16)17/h11-15H,3-10H2,1-2H3. The Morgan fingerprint density at radius 3 is 2.50 bits per heavy atom. The lowest BCUT2D eigenvalue weighted by molar-refractivity contribution is 0.219. The van der Waals surface area contributed by atoms with Crippen LogP contribution in [0.15, 0.2) is 0 Å². The van der Waals surface area contributed by atoms with Crippen molar-refractivity contribution in [3.63, 3.8) is 0 Å². The third-order valence-corrected chi connectivity index (χ3v) is 6.55. The summed E-state index contributed by atoms with van der Waals surface area (Å²) in [5.74, 6) is 1.35. The maximum absolute atomic E-state index is 11.7. The molecule has 0 spiro atoms. The summed E-state index contributed by atoms with van der Waals surface area (Å²) in [5.41, 5.74) is 0. The monoisotopic (exact) mass is 273 g/mol. The summed E-state index contributed by atoms with van der Waals surface area (Å²) in [5, 5.41) is 3.53. The summed E-state index contributed by atoms with van der Waals surface area (Å²) in [6.07, 6.45) is 9.41. The van der Waals surface area contributed by atoms with E-state index in [1.807, 2.05) is 0 Å². The zero-order valence-electron chi connectivity index (χ0n) is 11.7. The first-order valence-corrected chi connectivity index (χ1v) is 9.40. The van der Waals surface area contributed by atoms with Gasteiger partial charge >= 0.3 is 0 Å². The Bertz CT molecular complexity index is 366. The minimum atomic E-state index is -2.84. The van der Waals surface area contributed by atoms with Crippen molar-refractivity contribution in [1.29, 1.82) is 0 Å². The Morgan fingerprint density at radius 1 is 1.11 bits per heavy atom. The number of sulfone groups is 1. The average Bonchev–Trinajstić information content (AvgIpc) is 2.77. The largest absolute Gasteiger partial charge is 0.314 e. The van der Waals surface area contributed by atoms with E-state index in [9.17, 15) is 8.42 Å². The lowest BCUT2D eigenvalue weighted by Crippen LogP contribution is -2.39. The van der Waals surface area contributed by atoms with Crippen LogP contribution in [0.25, 0.3) is 0 Å². The Balaban J connectivity index is 2.00. The molecule has 3 nitrogen and oxygen atoms in total. The smallest absolute Gasteiger partial charge is 0.150 e. The predicted octanol–water partition coefficient (Wildman–Crippen LogP) is 2.37. The second-order valence-corrected chi connectivity index (χ2v) is 8.46.